The molecule has 1 rings (SSSR count). The van der Waals surface area contributed by atoms with Crippen molar-refractivity contribution in [1.82, 2.24) is 15.0 Å². The van der Waals surface area contributed by atoms with Crippen LogP contribution in [0.2, 0.25) is 0 Å². The Balaban J connectivity index is 2.59. The van der Waals surface area contributed by atoms with Gasteiger partial charge in [0.1, 0.15) is 11.8 Å². The summed E-state index contributed by atoms with van der Waals surface area (Å²) in [5.41, 5.74) is 0.237. The zero-order valence-corrected chi connectivity index (χ0v) is 6.96. The number of hydrogen-bond donors (Lipinski definition) is 2. The number of hydrogen-bond acceptors (Lipinski definition) is 5. The lowest BCUT2D eigenvalue weighted by molar-refractivity contribution is 0.230. The highest BCUT2D eigenvalue weighted by atomic mass is 16.3. The SMILES string of the molecule is N#CC(O)c1cn(CCCO)nn1. The minimum Gasteiger partial charge on any atom is -0.396 e. The maximum absolute atomic E-state index is 9.04. The van der Waals surface area contributed by atoms with Crippen molar-refractivity contribution in [1.29, 1.82) is 5.26 Å². The van der Waals surface area contributed by atoms with E-state index < -0.39 is 6.10 Å². The number of aliphatic hydroxyl groups excluding tert-OH is 2. The zero-order valence-electron chi connectivity index (χ0n) is 6.96. The van der Waals surface area contributed by atoms with E-state index in [0.717, 1.165) is 0 Å². The topological polar surface area (TPSA) is 95.0 Å². The van der Waals surface area contributed by atoms with Gasteiger partial charge in [0, 0.05) is 13.2 Å². The van der Waals surface area contributed by atoms with E-state index in [0.29, 0.717) is 13.0 Å². The minimum absolute atomic E-state index is 0.0794. The molecule has 70 valence electrons. The summed E-state index contributed by atoms with van der Waals surface area (Å²) in [7, 11) is 0. The molecule has 6 nitrogen and oxygen atoms in total. The lowest BCUT2D eigenvalue weighted by Crippen LogP contribution is -2.00. The van der Waals surface area contributed by atoms with Crippen LogP contribution in [0.15, 0.2) is 6.20 Å². The van der Waals surface area contributed by atoms with Crippen LogP contribution in [0, 0.1) is 11.3 Å². The number of nitrogens with zero attached hydrogens (tertiary/aromatic N) is 4. The van der Waals surface area contributed by atoms with Gasteiger partial charge in [0.25, 0.3) is 0 Å². The van der Waals surface area contributed by atoms with Crippen LogP contribution in [-0.4, -0.2) is 31.8 Å². The second-order valence-electron chi connectivity index (χ2n) is 2.52. The van der Waals surface area contributed by atoms with Crippen molar-refractivity contribution in [3.05, 3.63) is 11.9 Å². The van der Waals surface area contributed by atoms with Crippen LogP contribution >= 0.6 is 0 Å². The molecular formula is C7H10N4O2. The van der Waals surface area contributed by atoms with Crippen LogP contribution in [0.4, 0.5) is 0 Å². The predicted molar refractivity (Wildman–Crippen MR) is 42.3 cm³/mol. The number of rotatable bonds is 4. The third-order valence-electron chi connectivity index (χ3n) is 1.50. The van der Waals surface area contributed by atoms with Gasteiger partial charge >= 0.3 is 0 Å². The third kappa shape index (κ3) is 2.50. The quantitative estimate of drug-likeness (QED) is 0.595. The van der Waals surface area contributed by atoms with Crippen LogP contribution in [0.3, 0.4) is 0 Å². The fraction of sp³-hybridized carbons (Fsp3) is 0.571. The Labute approximate surface area is 75.0 Å². The van der Waals surface area contributed by atoms with Gasteiger partial charge in [-0.3, -0.25) is 4.68 Å². The van der Waals surface area contributed by atoms with E-state index in [-0.39, 0.29) is 12.3 Å². The molecule has 0 aliphatic heterocycles. The zero-order chi connectivity index (χ0) is 9.68. The second-order valence-corrected chi connectivity index (χ2v) is 2.52. The summed E-state index contributed by atoms with van der Waals surface area (Å²) < 4.78 is 1.48. The maximum Gasteiger partial charge on any atom is 0.186 e. The van der Waals surface area contributed by atoms with Gasteiger partial charge in [-0.1, -0.05) is 5.21 Å². The highest BCUT2D eigenvalue weighted by Gasteiger charge is 2.09. The van der Waals surface area contributed by atoms with Crippen molar-refractivity contribution in [2.24, 2.45) is 0 Å². The van der Waals surface area contributed by atoms with Gasteiger partial charge in [-0.05, 0) is 6.42 Å². The average molecular weight is 182 g/mol. The largest absolute Gasteiger partial charge is 0.396 e. The lowest BCUT2D eigenvalue weighted by atomic mass is 10.3. The molecule has 0 fully saturated rings. The van der Waals surface area contributed by atoms with E-state index >= 15 is 0 Å². The molecule has 0 amide bonds. The van der Waals surface area contributed by atoms with Crippen LogP contribution in [0.1, 0.15) is 18.2 Å². The molecule has 1 aromatic rings. The predicted octanol–water partition coefficient (Wildman–Crippen LogP) is -0.783. The van der Waals surface area contributed by atoms with E-state index in [2.05, 4.69) is 10.3 Å². The summed E-state index contributed by atoms with van der Waals surface area (Å²) in [4.78, 5) is 0. The van der Waals surface area contributed by atoms with Crippen LogP contribution in [0.25, 0.3) is 0 Å². The first-order valence-electron chi connectivity index (χ1n) is 3.86. The van der Waals surface area contributed by atoms with Crippen molar-refractivity contribution in [3.8, 4) is 6.07 Å². The first-order valence-corrected chi connectivity index (χ1v) is 3.86. The normalized spacial score (nSPS) is 12.4. The van der Waals surface area contributed by atoms with Crippen LogP contribution in [-0.2, 0) is 6.54 Å². The van der Waals surface area contributed by atoms with Crippen LogP contribution < -0.4 is 0 Å². The molecule has 0 spiro atoms. The first kappa shape index (κ1) is 9.64. The van der Waals surface area contributed by atoms with Crippen molar-refractivity contribution < 1.29 is 10.2 Å². The molecule has 1 heterocycles. The van der Waals surface area contributed by atoms with Crippen molar-refractivity contribution in [2.45, 2.75) is 19.1 Å². The number of nitriles is 1. The van der Waals surface area contributed by atoms with Gasteiger partial charge < -0.3 is 10.2 Å². The van der Waals surface area contributed by atoms with E-state index in [1.807, 2.05) is 0 Å². The fourth-order valence-electron chi connectivity index (χ4n) is 0.847. The maximum atomic E-state index is 9.04. The molecule has 13 heavy (non-hydrogen) atoms. The van der Waals surface area contributed by atoms with Crippen LogP contribution in [0.5, 0.6) is 0 Å². The number of aryl methyl sites for hydroxylation is 1. The summed E-state index contributed by atoms with van der Waals surface area (Å²) in [5, 5.41) is 33.2. The molecule has 1 atom stereocenters. The van der Waals surface area contributed by atoms with Gasteiger partial charge in [0.05, 0.1) is 6.20 Å². The monoisotopic (exact) mass is 182 g/mol. The van der Waals surface area contributed by atoms with E-state index in [1.54, 1.807) is 6.07 Å². The lowest BCUT2D eigenvalue weighted by Gasteiger charge is -1.95. The summed E-state index contributed by atoms with van der Waals surface area (Å²) in [5.74, 6) is 0. The molecular weight excluding hydrogens is 172 g/mol. The average Bonchev–Trinajstić information content (AvgIpc) is 2.62. The minimum atomic E-state index is -1.22. The van der Waals surface area contributed by atoms with Gasteiger partial charge in [-0.2, -0.15) is 5.26 Å². The molecule has 6 heteroatoms. The smallest absolute Gasteiger partial charge is 0.186 e. The molecule has 0 aliphatic rings. The van der Waals surface area contributed by atoms with Crippen molar-refractivity contribution in [3.63, 3.8) is 0 Å². The molecule has 0 aliphatic carbocycles. The van der Waals surface area contributed by atoms with Gasteiger partial charge in [0.2, 0.25) is 0 Å². The highest BCUT2D eigenvalue weighted by Crippen LogP contribution is 2.06. The van der Waals surface area contributed by atoms with E-state index in [1.165, 1.54) is 10.9 Å². The summed E-state index contributed by atoms with van der Waals surface area (Å²) >= 11 is 0. The Bertz CT molecular complexity index is 304. The van der Waals surface area contributed by atoms with Gasteiger partial charge in [-0.25, -0.2) is 0 Å². The Morgan fingerprint density at radius 2 is 2.46 bits per heavy atom. The summed E-state index contributed by atoms with van der Waals surface area (Å²) in [6, 6.07) is 1.64. The van der Waals surface area contributed by atoms with Crippen molar-refractivity contribution >= 4 is 0 Å². The molecule has 0 saturated heterocycles. The fourth-order valence-corrected chi connectivity index (χ4v) is 0.847. The molecule has 0 bridgehead atoms. The standard InChI is InChI=1S/C7H10N4O2/c8-4-7(13)6-5-11(10-9-6)2-1-3-12/h5,7,12-13H,1-3H2. The summed E-state index contributed by atoms with van der Waals surface area (Å²) in [6.07, 6.45) is 0.845. The Hall–Kier alpha value is -1.45. The third-order valence-corrected chi connectivity index (χ3v) is 1.50. The Morgan fingerprint density at radius 1 is 1.69 bits per heavy atom. The molecule has 1 aromatic heterocycles. The molecule has 1 unspecified atom stereocenters. The van der Waals surface area contributed by atoms with Crippen molar-refractivity contribution in [2.75, 3.05) is 6.61 Å². The molecule has 0 saturated carbocycles. The Morgan fingerprint density at radius 3 is 3.08 bits per heavy atom. The first-order chi connectivity index (χ1) is 6.27. The van der Waals surface area contributed by atoms with E-state index in [4.69, 9.17) is 15.5 Å². The summed E-state index contributed by atoms with van der Waals surface area (Å²) in [6.45, 7) is 0.609. The second kappa shape index (κ2) is 4.54. The highest BCUT2D eigenvalue weighted by molar-refractivity contribution is 5.06. The molecule has 2 N–H and O–H groups in total. The number of aromatic nitrogens is 3. The van der Waals surface area contributed by atoms with E-state index in [9.17, 15) is 0 Å². The molecule has 0 radical (unpaired) electrons. The Kier molecular flexibility index (Phi) is 3.37. The molecule has 0 aromatic carbocycles. The van der Waals surface area contributed by atoms with Gasteiger partial charge in [-0.15, -0.1) is 5.10 Å². The number of aliphatic hydroxyl groups is 2. The van der Waals surface area contributed by atoms with Gasteiger partial charge in [0.15, 0.2) is 6.10 Å².